The number of hydrogen-bond donors (Lipinski definition) is 0. The van der Waals surface area contributed by atoms with Crippen LogP contribution in [0, 0.1) is 0 Å². The minimum absolute atomic E-state index is 0. The molecule has 0 aromatic rings. The number of nitrogens with zero attached hydrogens (tertiary/aromatic N) is 1. The van der Waals surface area contributed by atoms with E-state index in [9.17, 15) is 4.79 Å². The Bertz CT molecular complexity index is 65.1. The molecule has 3 heteroatoms. The molecular formula is C8H19NOTa. The summed E-state index contributed by atoms with van der Waals surface area (Å²) < 4.78 is 0. The smallest absolute Gasteiger partial charge is 0.209 e. The molecule has 0 saturated heterocycles. The Balaban J connectivity index is -0.000000107. The van der Waals surface area contributed by atoms with E-state index in [4.69, 9.17) is 0 Å². The number of carbonyl (C=O) groups is 1. The van der Waals surface area contributed by atoms with Crippen LogP contribution >= 0.6 is 0 Å². The van der Waals surface area contributed by atoms with Crippen molar-refractivity contribution in [3.8, 4) is 0 Å². The van der Waals surface area contributed by atoms with E-state index >= 15 is 0 Å². The van der Waals surface area contributed by atoms with Crippen molar-refractivity contribution >= 4 is 6.41 Å². The molecule has 0 spiro atoms. The SMILES string of the molecule is CCCCC.CN(C)C=O.[Ta]. The van der Waals surface area contributed by atoms with Gasteiger partial charge in [0, 0.05) is 36.5 Å². The average molecular weight is 326 g/mol. The normalized spacial score (nSPS) is 6.91. The molecule has 0 unspecified atom stereocenters. The van der Waals surface area contributed by atoms with Crippen LogP contribution in [-0.2, 0) is 27.2 Å². The summed E-state index contributed by atoms with van der Waals surface area (Å²) in [5.74, 6) is 0. The Labute approximate surface area is 85.9 Å². The zero-order valence-corrected chi connectivity index (χ0v) is 11.2. The number of amides is 1. The van der Waals surface area contributed by atoms with Gasteiger partial charge in [-0.1, -0.05) is 33.1 Å². The van der Waals surface area contributed by atoms with Crippen molar-refractivity contribution in [2.24, 2.45) is 0 Å². The predicted octanol–water partition coefficient (Wildman–Crippen LogP) is 1.90. The number of unbranched alkanes of at least 4 members (excludes halogenated alkanes) is 2. The van der Waals surface area contributed by atoms with Gasteiger partial charge in [0.1, 0.15) is 0 Å². The number of rotatable bonds is 3. The van der Waals surface area contributed by atoms with Gasteiger partial charge in [0.25, 0.3) is 0 Å². The van der Waals surface area contributed by atoms with E-state index in [1.807, 2.05) is 0 Å². The first-order valence-electron chi connectivity index (χ1n) is 3.80. The summed E-state index contributed by atoms with van der Waals surface area (Å²) in [5.41, 5.74) is 0. The first-order valence-corrected chi connectivity index (χ1v) is 3.80. The van der Waals surface area contributed by atoms with Crippen LogP contribution in [0.1, 0.15) is 33.1 Å². The van der Waals surface area contributed by atoms with Gasteiger partial charge in [-0.25, -0.2) is 0 Å². The van der Waals surface area contributed by atoms with E-state index in [-0.39, 0.29) is 22.4 Å². The van der Waals surface area contributed by atoms with Gasteiger partial charge < -0.3 is 4.90 Å². The molecule has 0 aliphatic carbocycles. The fourth-order valence-corrected chi connectivity index (χ4v) is 0.354. The predicted molar refractivity (Wildman–Crippen MR) is 45.0 cm³/mol. The van der Waals surface area contributed by atoms with Gasteiger partial charge in [0.2, 0.25) is 6.41 Å². The van der Waals surface area contributed by atoms with Gasteiger partial charge in [-0.2, -0.15) is 0 Å². The Hall–Kier alpha value is 0.210. The fraction of sp³-hybridized carbons (Fsp3) is 0.875. The molecule has 67 valence electrons. The minimum Gasteiger partial charge on any atom is -0.351 e. The Morgan fingerprint density at radius 1 is 1.18 bits per heavy atom. The van der Waals surface area contributed by atoms with Crippen LogP contribution in [0.2, 0.25) is 0 Å². The van der Waals surface area contributed by atoms with Crippen LogP contribution in [0.15, 0.2) is 0 Å². The van der Waals surface area contributed by atoms with Crippen LogP contribution < -0.4 is 0 Å². The maximum Gasteiger partial charge on any atom is 0.209 e. The van der Waals surface area contributed by atoms with Crippen LogP contribution in [0.25, 0.3) is 0 Å². The van der Waals surface area contributed by atoms with Crippen LogP contribution in [0.4, 0.5) is 0 Å². The number of carbonyl (C=O) groups excluding carboxylic acids is 1. The second-order valence-electron chi connectivity index (χ2n) is 2.42. The topological polar surface area (TPSA) is 20.3 Å². The zero-order chi connectivity index (χ0) is 8.41. The molecule has 0 heterocycles. The Kier molecular flexibility index (Phi) is 26.3. The minimum atomic E-state index is 0. The monoisotopic (exact) mass is 326 g/mol. The summed E-state index contributed by atoms with van der Waals surface area (Å²) in [5, 5.41) is 0. The summed E-state index contributed by atoms with van der Waals surface area (Å²) in [7, 11) is 3.38. The molecule has 1 radical (unpaired) electrons. The molecule has 0 saturated carbocycles. The molecule has 0 atom stereocenters. The van der Waals surface area contributed by atoms with Gasteiger partial charge in [0.05, 0.1) is 0 Å². The molecule has 11 heavy (non-hydrogen) atoms. The van der Waals surface area contributed by atoms with Crippen molar-refractivity contribution in [3.63, 3.8) is 0 Å². The van der Waals surface area contributed by atoms with E-state index in [1.54, 1.807) is 14.1 Å². The maximum absolute atomic E-state index is 9.43. The standard InChI is InChI=1S/C5H12.C3H7NO.Ta/c1-3-5-4-2;1-4(2)3-5;/h3-5H2,1-2H3;3H,1-2H3;. The number of hydrogen-bond acceptors (Lipinski definition) is 1. The summed E-state index contributed by atoms with van der Waals surface area (Å²) in [6.45, 7) is 4.42. The van der Waals surface area contributed by atoms with E-state index in [0.717, 1.165) is 6.41 Å². The Morgan fingerprint density at radius 3 is 1.45 bits per heavy atom. The van der Waals surface area contributed by atoms with E-state index in [0.29, 0.717) is 0 Å². The van der Waals surface area contributed by atoms with Crippen molar-refractivity contribution in [3.05, 3.63) is 0 Å². The van der Waals surface area contributed by atoms with Crippen molar-refractivity contribution in [2.45, 2.75) is 33.1 Å². The summed E-state index contributed by atoms with van der Waals surface area (Å²) in [6, 6.07) is 0. The van der Waals surface area contributed by atoms with Gasteiger partial charge in [-0.15, -0.1) is 0 Å². The van der Waals surface area contributed by atoms with Gasteiger partial charge >= 0.3 is 0 Å². The molecule has 2 nitrogen and oxygen atoms in total. The van der Waals surface area contributed by atoms with E-state index in [1.165, 1.54) is 24.2 Å². The van der Waals surface area contributed by atoms with Crippen molar-refractivity contribution in [1.82, 2.24) is 4.90 Å². The summed E-state index contributed by atoms with van der Waals surface area (Å²) in [4.78, 5) is 10.9. The van der Waals surface area contributed by atoms with Crippen LogP contribution in [0.3, 0.4) is 0 Å². The summed E-state index contributed by atoms with van der Waals surface area (Å²) >= 11 is 0. The molecule has 0 aliphatic rings. The first kappa shape index (κ1) is 17.3. The van der Waals surface area contributed by atoms with Gasteiger partial charge in [-0.05, 0) is 0 Å². The third-order valence-corrected chi connectivity index (χ3v) is 0.918. The molecule has 0 aliphatic heterocycles. The molecule has 0 rings (SSSR count). The van der Waals surface area contributed by atoms with Gasteiger partial charge in [0.15, 0.2) is 0 Å². The summed E-state index contributed by atoms with van der Waals surface area (Å²) in [6.07, 6.45) is 4.83. The molecule has 0 aromatic heterocycles. The molecular weight excluding hydrogens is 307 g/mol. The van der Waals surface area contributed by atoms with Crippen LogP contribution in [0.5, 0.6) is 0 Å². The van der Waals surface area contributed by atoms with E-state index in [2.05, 4.69) is 13.8 Å². The Morgan fingerprint density at radius 2 is 1.45 bits per heavy atom. The van der Waals surface area contributed by atoms with Gasteiger partial charge in [-0.3, -0.25) is 4.79 Å². The molecule has 0 bridgehead atoms. The van der Waals surface area contributed by atoms with Crippen molar-refractivity contribution < 1.29 is 27.2 Å². The third kappa shape index (κ3) is 38.8. The van der Waals surface area contributed by atoms with Crippen LogP contribution in [-0.4, -0.2) is 25.4 Å². The van der Waals surface area contributed by atoms with Crippen molar-refractivity contribution in [1.29, 1.82) is 0 Å². The molecule has 1 amide bonds. The van der Waals surface area contributed by atoms with E-state index < -0.39 is 0 Å². The quantitative estimate of drug-likeness (QED) is 0.726. The average Bonchev–Trinajstić information content (AvgIpc) is 1.91. The zero-order valence-electron chi connectivity index (χ0n) is 8.00. The molecule has 0 aromatic carbocycles. The first-order chi connectivity index (χ1) is 4.68. The van der Waals surface area contributed by atoms with Crippen molar-refractivity contribution in [2.75, 3.05) is 14.1 Å². The fourth-order valence-electron chi connectivity index (χ4n) is 0.354. The second kappa shape index (κ2) is 16.7. The molecule has 0 fully saturated rings. The largest absolute Gasteiger partial charge is 0.351 e. The third-order valence-electron chi connectivity index (χ3n) is 0.918. The second-order valence-corrected chi connectivity index (χ2v) is 2.42. The maximum atomic E-state index is 9.43. The molecule has 0 N–H and O–H groups in total.